The van der Waals surface area contributed by atoms with Crippen LogP contribution in [0.4, 0.5) is 4.79 Å². The molecule has 156 valence electrons. The van der Waals surface area contributed by atoms with Gasteiger partial charge in [0, 0.05) is 5.57 Å². The van der Waals surface area contributed by atoms with E-state index in [0.717, 1.165) is 0 Å². The zero-order chi connectivity index (χ0) is 21.3. The summed E-state index contributed by atoms with van der Waals surface area (Å²) in [5, 5.41) is 2.48. The van der Waals surface area contributed by atoms with Crippen LogP contribution in [0, 0.1) is 16.7 Å². The van der Waals surface area contributed by atoms with Gasteiger partial charge in [-0.1, -0.05) is 41.2 Å². The zero-order valence-corrected chi connectivity index (χ0v) is 17.8. The van der Waals surface area contributed by atoms with Crippen LogP contribution < -0.4 is 5.32 Å². The van der Waals surface area contributed by atoms with E-state index in [9.17, 15) is 14.4 Å². The molecule has 0 bridgehead atoms. The van der Waals surface area contributed by atoms with Gasteiger partial charge in [0.25, 0.3) is 0 Å². The van der Waals surface area contributed by atoms with E-state index < -0.39 is 17.5 Å². The molecular weight excluding hydrogens is 350 g/mol. The summed E-state index contributed by atoms with van der Waals surface area (Å²) in [4.78, 5) is 35.2. The average molecular weight is 386 g/mol. The van der Waals surface area contributed by atoms with Crippen molar-refractivity contribution in [3.05, 3.63) is 12.2 Å². The predicted molar refractivity (Wildman–Crippen MR) is 103 cm³/mol. The quantitative estimate of drug-likeness (QED) is 0.268. The lowest BCUT2D eigenvalue weighted by atomic mass is 9.69. The molecule has 1 N–H and O–H groups in total. The van der Waals surface area contributed by atoms with Crippen molar-refractivity contribution < 1.29 is 28.6 Å². The van der Waals surface area contributed by atoms with E-state index in [2.05, 4.69) is 32.7 Å². The van der Waals surface area contributed by atoms with Crippen LogP contribution in [0.2, 0.25) is 0 Å². The van der Waals surface area contributed by atoms with Gasteiger partial charge in [-0.25, -0.2) is 9.59 Å². The molecule has 0 aromatic carbocycles. The van der Waals surface area contributed by atoms with Crippen molar-refractivity contribution >= 4 is 18.0 Å². The van der Waals surface area contributed by atoms with E-state index in [0.29, 0.717) is 6.42 Å². The second-order valence-electron chi connectivity index (χ2n) is 8.42. The van der Waals surface area contributed by atoms with Crippen LogP contribution in [-0.4, -0.2) is 44.4 Å². The van der Waals surface area contributed by atoms with Crippen molar-refractivity contribution in [2.45, 2.75) is 54.9 Å². The molecule has 0 rings (SSSR count). The number of esters is 2. The Morgan fingerprint density at radius 2 is 1.52 bits per heavy atom. The van der Waals surface area contributed by atoms with Crippen LogP contribution in [-0.2, 0) is 23.8 Å². The number of ether oxygens (including phenoxy) is 3. The Morgan fingerprint density at radius 1 is 0.963 bits per heavy atom. The van der Waals surface area contributed by atoms with Crippen molar-refractivity contribution in [3.8, 4) is 0 Å². The van der Waals surface area contributed by atoms with E-state index in [1.165, 1.54) is 6.92 Å². The number of alkyl carbamates (subject to hydrolysis) is 1. The van der Waals surface area contributed by atoms with Crippen molar-refractivity contribution in [2.24, 2.45) is 16.7 Å². The number of rotatable bonds is 10. The largest absolute Gasteiger partial charge is 0.463 e. The highest BCUT2D eigenvalue weighted by Crippen LogP contribution is 2.40. The van der Waals surface area contributed by atoms with Crippen LogP contribution in [0.3, 0.4) is 0 Å². The molecule has 0 heterocycles. The zero-order valence-electron chi connectivity index (χ0n) is 17.8. The second kappa shape index (κ2) is 10.9. The minimum absolute atomic E-state index is 0.00626. The van der Waals surface area contributed by atoms with Crippen LogP contribution in [0.25, 0.3) is 0 Å². The summed E-state index contributed by atoms with van der Waals surface area (Å²) in [5.41, 5.74) is -0.319. The Labute approximate surface area is 162 Å². The Bertz CT molecular complexity index is 535. The first-order chi connectivity index (χ1) is 12.3. The lowest BCUT2D eigenvalue weighted by Gasteiger charge is -2.36. The van der Waals surface area contributed by atoms with E-state index in [-0.39, 0.29) is 49.2 Å². The molecule has 0 spiro atoms. The van der Waals surface area contributed by atoms with Crippen molar-refractivity contribution in [1.82, 2.24) is 5.32 Å². The standard InChI is InChI=1S/C20H35NO6/c1-14(2)16(22)25-11-12-27-18(24)21-9-10-26-17(23)20(8,15(3)4)13-19(5,6)7/h15H,1,9-13H2,2-8H3,(H,21,24). The number of hydrogen-bond acceptors (Lipinski definition) is 6. The Hall–Kier alpha value is -2.05. The maximum absolute atomic E-state index is 12.5. The smallest absolute Gasteiger partial charge is 0.407 e. The van der Waals surface area contributed by atoms with Gasteiger partial charge in [0.2, 0.25) is 0 Å². The van der Waals surface area contributed by atoms with Gasteiger partial charge in [0.1, 0.15) is 19.8 Å². The topological polar surface area (TPSA) is 90.9 Å². The van der Waals surface area contributed by atoms with Crippen molar-refractivity contribution in [2.75, 3.05) is 26.4 Å². The molecule has 0 saturated heterocycles. The average Bonchev–Trinajstić information content (AvgIpc) is 2.53. The van der Waals surface area contributed by atoms with Gasteiger partial charge < -0.3 is 19.5 Å². The van der Waals surface area contributed by atoms with Crippen LogP contribution in [0.1, 0.15) is 54.9 Å². The third-order valence-electron chi connectivity index (χ3n) is 4.14. The van der Waals surface area contributed by atoms with E-state index in [1.54, 1.807) is 0 Å². The van der Waals surface area contributed by atoms with Gasteiger partial charge >= 0.3 is 18.0 Å². The molecule has 0 aliphatic heterocycles. The minimum atomic E-state index is -0.668. The molecular formula is C20H35NO6. The lowest BCUT2D eigenvalue weighted by Crippen LogP contribution is -2.39. The number of nitrogens with one attached hydrogen (secondary N) is 1. The van der Waals surface area contributed by atoms with Crippen LogP contribution >= 0.6 is 0 Å². The number of amides is 1. The molecule has 0 radical (unpaired) electrons. The number of hydrogen-bond donors (Lipinski definition) is 1. The van der Waals surface area contributed by atoms with Gasteiger partial charge in [0.15, 0.2) is 0 Å². The summed E-state index contributed by atoms with van der Waals surface area (Å²) in [6.45, 7) is 17.2. The fraction of sp³-hybridized carbons (Fsp3) is 0.750. The van der Waals surface area contributed by atoms with Crippen LogP contribution in [0.5, 0.6) is 0 Å². The van der Waals surface area contributed by atoms with E-state index in [4.69, 9.17) is 14.2 Å². The minimum Gasteiger partial charge on any atom is -0.463 e. The van der Waals surface area contributed by atoms with Crippen molar-refractivity contribution in [3.63, 3.8) is 0 Å². The van der Waals surface area contributed by atoms with E-state index >= 15 is 0 Å². The highest BCUT2D eigenvalue weighted by molar-refractivity contribution is 5.86. The maximum Gasteiger partial charge on any atom is 0.407 e. The predicted octanol–water partition coefficient (Wildman–Crippen LogP) is 3.47. The monoisotopic (exact) mass is 385 g/mol. The summed E-state index contributed by atoms with van der Waals surface area (Å²) in [6, 6.07) is 0. The Kier molecular flexibility index (Phi) is 10.1. The number of carbonyl (C=O) groups is 3. The molecule has 1 unspecified atom stereocenters. The lowest BCUT2D eigenvalue weighted by molar-refractivity contribution is -0.159. The summed E-state index contributed by atoms with van der Waals surface area (Å²) in [5.74, 6) is -0.673. The third-order valence-corrected chi connectivity index (χ3v) is 4.14. The second-order valence-corrected chi connectivity index (χ2v) is 8.42. The third kappa shape index (κ3) is 10.0. The summed E-state index contributed by atoms with van der Waals surface area (Å²) in [6.07, 6.45) is 0.0354. The Morgan fingerprint density at radius 3 is 2.00 bits per heavy atom. The molecule has 27 heavy (non-hydrogen) atoms. The summed E-state index contributed by atoms with van der Waals surface area (Å²) in [7, 11) is 0. The molecule has 0 aromatic heterocycles. The molecule has 7 nitrogen and oxygen atoms in total. The molecule has 0 aliphatic carbocycles. The van der Waals surface area contributed by atoms with E-state index in [1.807, 2.05) is 20.8 Å². The van der Waals surface area contributed by atoms with Gasteiger partial charge in [-0.15, -0.1) is 0 Å². The summed E-state index contributed by atoms with van der Waals surface area (Å²) < 4.78 is 15.0. The molecule has 0 aliphatic rings. The van der Waals surface area contributed by atoms with Gasteiger partial charge in [-0.3, -0.25) is 4.79 Å². The summed E-state index contributed by atoms with van der Waals surface area (Å²) >= 11 is 0. The fourth-order valence-electron chi connectivity index (χ4n) is 2.52. The highest BCUT2D eigenvalue weighted by atomic mass is 16.6. The molecule has 0 saturated carbocycles. The first-order valence-corrected chi connectivity index (χ1v) is 9.20. The van der Waals surface area contributed by atoms with Crippen LogP contribution in [0.15, 0.2) is 12.2 Å². The molecule has 7 heteroatoms. The fourth-order valence-corrected chi connectivity index (χ4v) is 2.52. The van der Waals surface area contributed by atoms with Gasteiger partial charge in [-0.2, -0.15) is 0 Å². The van der Waals surface area contributed by atoms with Gasteiger partial charge in [-0.05, 0) is 31.6 Å². The highest BCUT2D eigenvalue weighted by Gasteiger charge is 2.41. The normalized spacial score (nSPS) is 13.5. The molecule has 1 atom stereocenters. The molecule has 0 fully saturated rings. The molecule has 1 amide bonds. The first-order valence-electron chi connectivity index (χ1n) is 9.20. The van der Waals surface area contributed by atoms with Gasteiger partial charge in [0.05, 0.1) is 12.0 Å². The number of carbonyl (C=O) groups excluding carboxylic acids is 3. The SMILES string of the molecule is C=C(C)C(=O)OCCOC(=O)NCCOC(=O)C(C)(CC(C)(C)C)C(C)C. The Balaban J connectivity index is 4.17. The molecule has 0 aromatic rings. The van der Waals surface area contributed by atoms with Crippen molar-refractivity contribution in [1.29, 1.82) is 0 Å². The maximum atomic E-state index is 12.5. The first kappa shape index (κ1) is 24.9.